The first kappa shape index (κ1) is 16.0. The average Bonchev–Trinajstić information content (AvgIpc) is 2.87. The maximum Gasteiger partial charge on any atom is 0.420 e. The molecule has 118 valence electrons. The second-order valence-corrected chi connectivity index (χ2v) is 5.75. The molecule has 0 saturated heterocycles. The van der Waals surface area contributed by atoms with Crippen molar-refractivity contribution in [2.24, 2.45) is 0 Å². The second kappa shape index (κ2) is 5.76. The Labute approximate surface area is 128 Å². The summed E-state index contributed by atoms with van der Waals surface area (Å²) in [5.74, 6) is -0.376. The molecule has 2 rings (SSSR count). The first-order valence-electron chi connectivity index (χ1n) is 6.76. The van der Waals surface area contributed by atoms with Gasteiger partial charge in [0, 0.05) is 7.05 Å². The van der Waals surface area contributed by atoms with Gasteiger partial charge in [0.1, 0.15) is 11.9 Å². The zero-order valence-corrected chi connectivity index (χ0v) is 13.3. The second-order valence-electron chi connectivity index (χ2n) is 5.75. The number of carbonyl (C=O) groups is 2. The molecule has 0 unspecified atom stereocenters. The molecule has 0 fully saturated rings. The van der Waals surface area contributed by atoms with Gasteiger partial charge >= 0.3 is 6.09 Å². The van der Waals surface area contributed by atoms with Crippen LogP contribution in [0.25, 0.3) is 11.0 Å². The molecule has 0 spiro atoms. The summed E-state index contributed by atoms with van der Waals surface area (Å²) < 4.78 is 6.57. The van der Waals surface area contributed by atoms with Gasteiger partial charge in [-0.25, -0.2) is 19.4 Å². The Morgan fingerprint density at radius 1 is 1.27 bits per heavy atom. The molecule has 0 aliphatic rings. The molecule has 1 heterocycles. The molecule has 0 N–H and O–H groups in total. The number of ether oxygens (including phenoxy) is 1. The van der Waals surface area contributed by atoms with Gasteiger partial charge in [0.15, 0.2) is 0 Å². The number of fused-ring (bicyclic) bond motifs is 1. The number of hydrogen-bond donors (Lipinski definition) is 0. The van der Waals surface area contributed by atoms with E-state index in [9.17, 15) is 9.59 Å². The highest BCUT2D eigenvalue weighted by molar-refractivity contribution is 6.06. The van der Waals surface area contributed by atoms with E-state index < -0.39 is 11.7 Å². The van der Waals surface area contributed by atoms with E-state index in [0.29, 0.717) is 16.6 Å². The minimum Gasteiger partial charge on any atom is -0.443 e. The van der Waals surface area contributed by atoms with Crippen molar-refractivity contribution in [1.29, 1.82) is 0 Å². The standard InChI is InChI=1S/C15H19N3O4/c1-15(2,3)22-14(20)18-9-16-11-8-6-7-10(12(11)18)13(19)17(4)21-5/h6-9H,1-5H3. The Morgan fingerprint density at radius 3 is 2.55 bits per heavy atom. The fraction of sp³-hybridized carbons (Fsp3) is 0.400. The zero-order valence-electron chi connectivity index (χ0n) is 13.3. The highest BCUT2D eigenvalue weighted by Crippen LogP contribution is 2.21. The molecule has 1 aromatic heterocycles. The highest BCUT2D eigenvalue weighted by Gasteiger charge is 2.23. The lowest BCUT2D eigenvalue weighted by Crippen LogP contribution is -2.28. The number of rotatable bonds is 2. The van der Waals surface area contributed by atoms with E-state index in [1.165, 1.54) is 25.1 Å². The zero-order chi connectivity index (χ0) is 16.5. The van der Waals surface area contributed by atoms with Crippen molar-refractivity contribution in [2.45, 2.75) is 26.4 Å². The number of carbonyl (C=O) groups excluding carboxylic acids is 2. The van der Waals surface area contributed by atoms with Crippen molar-refractivity contribution in [1.82, 2.24) is 14.6 Å². The van der Waals surface area contributed by atoms with Crippen molar-refractivity contribution >= 4 is 23.0 Å². The molecule has 2 aromatic rings. The largest absolute Gasteiger partial charge is 0.443 e. The number of amides is 1. The van der Waals surface area contributed by atoms with Crippen LogP contribution in [0.15, 0.2) is 24.5 Å². The molecule has 0 atom stereocenters. The maximum absolute atomic E-state index is 12.4. The van der Waals surface area contributed by atoms with Crippen LogP contribution in [-0.4, -0.2) is 46.4 Å². The Morgan fingerprint density at radius 2 is 1.95 bits per heavy atom. The van der Waals surface area contributed by atoms with Gasteiger partial charge in [-0.1, -0.05) is 6.07 Å². The smallest absolute Gasteiger partial charge is 0.420 e. The molecule has 1 aromatic carbocycles. The van der Waals surface area contributed by atoms with E-state index in [0.717, 1.165) is 5.06 Å². The summed E-state index contributed by atoms with van der Waals surface area (Å²) in [6.07, 6.45) is 0.762. The summed E-state index contributed by atoms with van der Waals surface area (Å²) in [5.41, 5.74) is 0.590. The maximum atomic E-state index is 12.4. The van der Waals surface area contributed by atoms with E-state index in [1.807, 2.05) is 0 Å². The normalized spacial score (nSPS) is 11.5. The van der Waals surface area contributed by atoms with E-state index in [4.69, 9.17) is 9.57 Å². The first-order chi connectivity index (χ1) is 10.2. The number of para-hydroxylation sites is 1. The Balaban J connectivity index is 2.54. The van der Waals surface area contributed by atoms with Crippen LogP contribution in [0.2, 0.25) is 0 Å². The first-order valence-corrected chi connectivity index (χ1v) is 6.76. The van der Waals surface area contributed by atoms with Gasteiger partial charge in [0.05, 0.1) is 23.7 Å². The predicted octanol–water partition coefficient (Wildman–Crippen LogP) is 2.45. The number of hydrogen-bond acceptors (Lipinski definition) is 5. The van der Waals surface area contributed by atoms with E-state index in [2.05, 4.69) is 4.98 Å². The van der Waals surface area contributed by atoms with Gasteiger partial charge in [-0.2, -0.15) is 0 Å². The van der Waals surface area contributed by atoms with Crippen molar-refractivity contribution < 1.29 is 19.2 Å². The third-order valence-corrected chi connectivity index (χ3v) is 2.95. The Hall–Kier alpha value is -2.41. The van der Waals surface area contributed by atoms with Crippen LogP contribution in [0.1, 0.15) is 31.1 Å². The Bertz CT molecular complexity index is 715. The molecule has 0 aliphatic carbocycles. The van der Waals surface area contributed by atoms with Crippen molar-refractivity contribution in [3.8, 4) is 0 Å². The van der Waals surface area contributed by atoms with Crippen molar-refractivity contribution in [3.63, 3.8) is 0 Å². The molecule has 7 nitrogen and oxygen atoms in total. The minimum atomic E-state index is -0.643. The summed E-state index contributed by atoms with van der Waals surface area (Å²) >= 11 is 0. The molecule has 0 bridgehead atoms. The van der Waals surface area contributed by atoms with Gasteiger partial charge in [0.25, 0.3) is 5.91 Å². The van der Waals surface area contributed by atoms with Gasteiger partial charge in [-0.3, -0.25) is 9.63 Å². The van der Waals surface area contributed by atoms with Crippen LogP contribution in [0, 0.1) is 0 Å². The van der Waals surface area contributed by atoms with Crippen LogP contribution in [0.4, 0.5) is 4.79 Å². The summed E-state index contributed by atoms with van der Waals surface area (Å²) in [6, 6.07) is 5.04. The SMILES string of the molecule is CON(C)C(=O)c1cccc2ncn(C(=O)OC(C)(C)C)c12. The summed E-state index contributed by atoms with van der Waals surface area (Å²) in [4.78, 5) is 33.7. The summed E-state index contributed by atoms with van der Waals surface area (Å²) in [5, 5.41) is 1.08. The quantitative estimate of drug-likeness (QED) is 0.797. The third-order valence-electron chi connectivity index (χ3n) is 2.95. The van der Waals surface area contributed by atoms with E-state index >= 15 is 0 Å². The number of nitrogens with zero attached hydrogens (tertiary/aromatic N) is 3. The molecule has 0 radical (unpaired) electrons. The lowest BCUT2D eigenvalue weighted by atomic mass is 10.1. The molecule has 1 amide bonds. The van der Waals surface area contributed by atoms with Crippen LogP contribution >= 0.6 is 0 Å². The van der Waals surface area contributed by atoms with Crippen molar-refractivity contribution in [3.05, 3.63) is 30.1 Å². The van der Waals surface area contributed by atoms with Crippen LogP contribution in [0.5, 0.6) is 0 Å². The number of imidazole rings is 1. The molecular weight excluding hydrogens is 286 g/mol. The minimum absolute atomic E-state index is 0.310. The molecule has 22 heavy (non-hydrogen) atoms. The Kier molecular flexibility index (Phi) is 4.18. The van der Waals surface area contributed by atoms with Crippen molar-refractivity contribution in [2.75, 3.05) is 14.2 Å². The highest BCUT2D eigenvalue weighted by atomic mass is 16.7. The monoisotopic (exact) mass is 305 g/mol. The van der Waals surface area contributed by atoms with Crippen LogP contribution < -0.4 is 0 Å². The summed E-state index contributed by atoms with van der Waals surface area (Å²) in [6.45, 7) is 5.32. The number of benzene rings is 1. The number of aromatic nitrogens is 2. The lowest BCUT2D eigenvalue weighted by molar-refractivity contribution is -0.0755. The molecule has 7 heteroatoms. The van der Waals surface area contributed by atoms with Crippen LogP contribution in [-0.2, 0) is 9.57 Å². The number of hydroxylamine groups is 2. The predicted molar refractivity (Wildman–Crippen MR) is 80.5 cm³/mol. The fourth-order valence-corrected chi connectivity index (χ4v) is 1.94. The van der Waals surface area contributed by atoms with Gasteiger partial charge in [0.2, 0.25) is 0 Å². The third kappa shape index (κ3) is 3.09. The van der Waals surface area contributed by atoms with E-state index in [1.54, 1.807) is 39.0 Å². The van der Waals surface area contributed by atoms with Gasteiger partial charge in [-0.15, -0.1) is 0 Å². The van der Waals surface area contributed by atoms with Crippen LogP contribution in [0.3, 0.4) is 0 Å². The van der Waals surface area contributed by atoms with Gasteiger partial charge in [-0.05, 0) is 32.9 Å². The molecule has 0 aliphatic heterocycles. The average molecular weight is 305 g/mol. The topological polar surface area (TPSA) is 73.7 Å². The lowest BCUT2D eigenvalue weighted by Gasteiger charge is -2.20. The molecule has 0 saturated carbocycles. The molecular formula is C15H19N3O4. The van der Waals surface area contributed by atoms with Gasteiger partial charge < -0.3 is 4.74 Å². The van der Waals surface area contributed by atoms with E-state index in [-0.39, 0.29) is 5.91 Å². The fourth-order valence-electron chi connectivity index (χ4n) is 1.94. The summed E-state index contributed by atoms with van der Waals surface area (Å²) in [7, 11) is 2.89.